The van der Waals surface area contributed by atoms with Crippen LogP contribution < -0.4 is 4.74 Å². The summed E-state index contributed by atoms with van der Waals surface area (Å²) in [4.78, 5) is 0. The topological polar surface area (TPSA) is 68.2 Å². The molecule has 0 radical (unpaired) electrons. The van der Waals surface area contributed by atoms with Gasteiger partial charge in [-0.2, -0.15) is 0 Å². The number of benzene rings is 1. The van der Waals surface area contributed by atoms with Gasteiger partial charge in [0.1, 0.15) is 19.0 Å². The van der Waals surface area contributed by atoms with Crippen LogP contribution in [0.1, 0.15) is 38.5 Å². The first-order chi connectivity index (χ1) is 12.6. The van der Waals surface area contributed by atoms with E-state index in [1.54, 1.807) is 7.11 Å². The Bertz CT molecular complexity index is 525. The third-order valence-electron chi connectivity index (χ3n) is 3.61. The van der Waals surface area contributed by atoms with Crippen LogP contribution in [0.15, 0.2) is 24.3 Å². The van der Waals surface area contributed by atoms with Gasteiger partial charge in [-0.25, -0.2) is 0 Å². The Morgan fingerprint density at radius 3 is 1.77 bits per heavy atom. The van der Waals surface area contributed by atoms with Gasteiger partial charge in [-0.3, -0.25) is 0 Å². The van der Waals surface area contributed by atoms with Crippen LogP contribution in [-0.2, 0) is 9.47 Å². The maximum absolute atomic E-state index is 7.64. The van der Waals surface area contributed by atoms with Gasteiger partial charge in [-0.15, -0.1) is 12.8 Å². The number of rotatable bonds is 2. The lowest BCUT2D eigenvalue weighted by Crippen LogP contribution is -2.28. The number of ether oxygens (including phenoxy) is 3. The Balaban J connectivity index is 0.000000529. The van der Waals surface area contributed by atoms with Gasteiger partial charge in [0.05, 0.1) is 20.3 Å². The third kappa shape index (κ3) is 8.89. The maximum Gasteiger partial charge on any atom is 0.183 e. The molecule has 3 rings (SSSR count). The van der Waals surface area contributed by atoms with E-state index in [0.29, 0.717) is 5.41 Å². The van der Waals surface area contributed by atoms with Crippen molar-refractivity contribution >= 4 is 0 Å². The lowest BCUT2D eigenvalue weighted by molar-refractivity contribution is -0.212. The number of terminal acetylenes is 2. The van der Waals surface area contributed by atoms with Gasteiger partial charge in [0.15, 0.2) is 6.29 Å². The van der Waals surface area contributed by atoms with Crippen molar-refractivity contribution in [2.75, 3.05) is 33.5 Å². The molecule has 0 unspecified atom stereocenters. The second-order valence-electron chi connectivity index (χ2n) is 5.45. The zero-order valence-electron chi connectivity index (χ0n) is 15.9. The Labute approximate surface area is 157 Å². The zero-order chi connectivity index (χ0) is 19.8. The van der Waals surface area contributed by atoms with Crippen molar-refractivity contribution in [2.45, 2.75) is 33.0 Å². The highest BCUT2D eigenvalue weighted by atomic mass is 16.7. The Kier molecular flexibility index (Phi) is 13.1. The van der Waals surface area contributed by atoms with Gasteiger partial charge in [-0.05, 0) is 25.0 Å². The molecule has 26 heavy (non-hydrogen) atoms. The van der Waals surface area contributed by atoms with E-state index < -0.39 is 0 Å². The summed E-state index contributed by atoms with van der Waals surface area (Å²) in [6.45, 7) is 5.37. The van der Waals surface area contributed by atoms with Crippen LogP contribution in [0.4, 0.5) is 0 Å². The fraction of sp³-hybridized carbons (Fsp3) is 0.524. The SMILES string of the molecule is C#CCO.C#CCO.CC.COc1ccc(C2OCC3(CC3)CO2)cc1. The van der Waals surface area contributed by atoms with E-state index in [4.69, 9.17) is 24.4 Å². The minimum absolute atomic E-state index is 0.153. The molecular formula is C21H30O5. The Morgan fingerprint density at radius 2 is 1.46 bits per heavy atom. The minimum atomic E-state index is -0.197. The second kappa shape index (κ2) is 14.2. The molecule has 144 valence electrons. The van der Waals surface area contributed by atoms with E-state index in [0.717, 1.165) is 24.5 Å². The highest BCUT2D eigenvalue weighted by Gasteiger charge is 2.47. The average Bonchev–Trinajstić information content (AvgIpc) is 3.49. The van der Waals surface area contributed by atoms with Crippen molar-refractivity contribution in [3.8, 4) is 30.4 Å². The Hall–Kier alpha value is -2.02. The van der Waals surface area contributed by atoms with Crippen molar-refractivity contribution in [2.24, 2.45) is 5.41 Å². The monoisotopic (exact) mass is 362 g/mol. The van der Waals surface area contributed by atoms with E-state index in [2.05, 4.69) is 12.8 Å². The van der Waals surface area contributed by atoms with Crippen LogP contribution in [0.5, 0.6) is 5.75 Å². The first kappa shape index (κ1) is 24.0. The van der Waals surface area contributed by atoms with Crippen LogP contribution in [0.25, 0.3) is 0 Å². The molecule has 2 aliphatic rings. The summed E-state index contributed by atoms with van der Waals surface area (Å²) in [7, 11) is 1.67. The molecule has 5 heteroatoms. The molecule has 1 spiro atoms. The zero-order valence-corrected chi connectivity index (χ0v) is 15.9. The average molecular weight is 362 g/mol. The molecule has 2 fully saturated rings. The lowest BCUT2D eigenvalue weighted by atomic mass is 10.1. The fourth-order valence-corrected chi connectivity index (χ4v) is 2.01. The second-order valence-corrected chi connectivity index (χ2v) is 5.45. The van der Waals surface area contributed by atoms with Crippen molar-refractivity contribution < 1.29 is 24.4 Å². The van der Waals surface area contributed by atoms with Gasteiger partial charge in [-0.1, -0.05) is 37.8 Å². The summed E-state index contributed by atoms with van der Waals surface area (Å²) < 4.78 is 16.6. The largest absolute Gasteiger partial charge is 0.497 e. The third-order valence-corrected chi connectivity index (χ3v) is 3.61. The maximum atomic E-state index is 7.64. The number of methoxy groups -OCH3 is 1. The molecule has 1 heterocycles. The van der Waals surface area contributed by atoms with Crippen LogP contribution >= 0.6 is 0 Å². The summed E-state index contributed by atoms with van der Waals surface area (Å²) in [6, 6.07) is 7.86. The normalized spacial score (nSPS) is 16.1. The number of aliphatic hydroxyl groups is 2. The summed E-state index contributed by atoms with van der Waals surface area (Å²) in [6.07, 6.45) is 11.4. The predicted molar refractivity (Wildman–Crippen MR) is 102 cm³/mol. The van der Waals surface area contributed by atoms with Crippen LogP contribution in [0.2, 0.25) is 0 Å². The van der Waals surface area contributed by atoms with Gasteiger partial charge in [0.2, 0.25) is 0 Å². The van der Waals surface area contributed by atoms with E-state index in [-0.39, 0.29) is 19.5 Å². The molecule has 1 aliphatic carbocycles. The molecular weight excluding hydrogens is 332 g/mol. The molecule has 1 aromatic carbocycles. The molecule has 1 aromatic rings. The molecule has 2 N–H and O–H groups in total. The van der Waals surface area contributed by atoms with E-state index in [9.17, 15) is 0 Å². The molecule has 0 amide bonds. The quantitative estimate of drug-likeness (QED) is 0.792. The number of hydrogen-bond donors (Lipinski definition) is 2. The van der Waals surface area contributed by atoms with Gasteiger partial charge in [0.25, 0.3) is 0 Å². The van der Waals surface area contributed by atoms with Crippen molar-refractivity contribution in [1.82, 2.24) is 0 Å². The highest BCUT2D eigenvalue weighted by molar-refractivity contribution is 5.28. The van der Waals surface area contributed by atoms with Crippen LogP contribution in [0, 0.1) is 30.1 Å². The smallest absolute Gasteiger partial charge is 0.183 e. The van der Waals surface area contributed by atoms with Crippen LogP contribution in [-0.4, -0.2) is 43.8 Å². The van der Waals surface area contributed by atoms with Gasteiger partial charge < -0.3 is 24.4 Å². The van der Waals surface area contributed by atoms with Gasteiger partial charge in [0, 0.05) is 11.0 Å². The van der Waals surface area contributed by atoms with E-state index >= 15 is 0 Å². The first-order valence-electron chi connectivity index (χ1n) is 8.60. The molecule has 1 aliphatic heterocycles. The molecule has 0 atom stereocenters. The molecule has 1 saturated heterocycles. The number of aliphatic hydroxyl groups excluding tert-OH is 2. The summed E-state index contributed by atoms with van der Waals surface area (Å²) in [5.74, 6) is 4.83. The Morgan fingerprint density at radius 1 is 1.04 bits per heavy atom. The molecule has 0 aromatic heterocycles. The summed E-state index contributed by atoms with van der Waals surface area (Å²) >= 11 is 0. The van der Waals surface area contributed by atoms with Crippen LogP contribution in [0.3, 0.4) is 0 Å². The lowest BCUT2D eigenvalue weighted by Gasteiger charge is -2.29. The van der Waals surface area contributed by atoms with Gasteiger partial charge >= 0.3 is 0 Å². The minimum Gasteiger partial charge on any atom is -0.497 e. The standard InChI is InChI=1S/C13H16O3.2C3H4O.C2H6/c1-14-11-4-2-10(3-5-11)12-15-8-13(6-7-13)9-16-12;2*1-2-3-4;1-2/h2-5,12H,6-9H2,1H3;2*1,4H,3H2;1-2H3. The molecule has 1 saturated carbocycles. The van der Waals surface area contributed by atoms with E-state index in [1.807, 2.05) is 50.0 Å². The fourth-order valence-electron chi connectivity index (χ4n) is 2.01. The predicted octanol–water partition coefficient (Wildman–Crippen LogP) is 2.77. The van der Waals surface area contributed by atoms with E-state index in [1.165, 1.54) is 12.8 Å². The highest BCUT2D eigenvalue weighted by Crippen LogP contribution is 2.50. The molecule has 5 nitrogen and oxygen atoms in total. The summed E-state index contributed by atoms with van der Waals surface area (Å²) in [5, 5.41) is 15.3. The van der Waals surface area contributed by atoms with Crippen molar-refractivity contribution in [3.05, 3.63) is 29.8 Å². The number of hydrogen-bond acceptors (Lipinski definition) is 5. The summed E-state index contributed by atoms with van der Waals surface area (Å²) in [5.41, 5.74) is 1.43. The molecule has 0 bridgehead atoms. The first-order valence-corrected chi connectivity index (χ1v) is 8.60. The van der Waals surface area contributed by atoms with Crippen molar-refractivity contribution in [3.63, 3.8) is 0 Å². The van der Waals surface area contributed by atoms with Crippen molar-refractivity contribution in [1.29, 1.82) is 0 Å².